The number of nitrogens with zero attached hydrogens (tertiary/aromatic N) is 6. The lowest BCUT2D eigenvalue weighted by molar-refractivity contribution is -0.759. The molecule has 4 rings (SSSR count). The third-order valence-corrected chi connectivity index (χ3v) is 6.80. The van der Waals surface area contributed by atoms with Crippen LogP contribution in [0.5, 0.6) is 0 Å². The molecule has 7 heteroatoms. The number of fused-ring (bicyclic) bond motifs is 3. The van der Waals surface area contributed by atoms with Gasteiger partial charge in [-0.3, -0.25) is 9.97 Å². The summed E-state index contributed by atoms with van der Waals surface area (Å²) >= 11 is 0. The largest absolute Gasteiger partial charge is 0.508 e. The van der Waals surface area contributed by atoms with Gasteiger partial charge in [0.05, 0.1) is 24.3 Å². The Labute approximate surface area is 150 Å². The van der Waals surface area contributed by atoms with Crippen molar-refractivity contribution in [2.45, 2.75) is 51.4 Å². The fraction of sp³-hybridized carbons (Fsp3) is 0.556. The first-order valence-electron chi connectivity index (χ1n) is 9.22. The maximum Gasteiger partial charge on any atom is 0.508 e. The maximum atomic E-state index is 4.60. The van der Waals surface area contributed by atoms with Crippen molar-refractivity contribution in [3.05, 3.63) is 37.2 Å². The van der Waals surface area contributed by atoms with Gasteiger partial charge < -0.3 is 9.62 Å². The fourth-order valence-corrected chi connectivity index (χ4v) is 4.91. The molecule has 0 spiro atoms. The molecule has 0 saturated carbocycles. The molecule has 0 aromatic carbocycles. The summed E-state index contributed by atoms with van der Waals surface area (Å²) in [6.45, 7) is 11.6. The zero-order chi connectivity index (χ0) is 17.7. The summed E-state index contributed by atoms with van der Waals surface area (Å²) in [6, 6.07) is 0. The molecule has 0 amide bonds. The van der Waals surface area contributed by atoms with Gasteiger partial charge in [0.2, 0.25) is 0 Å². The predicted molar refractivity (Wildman–Crippen MR) is 99.5 cm³/mol. The second-order valence-electron chi connectivity index (χ2n) is 7.53. The van der Waals surface area contributed by atoms with Crippen molar-refractivity contribution < 1.29 is 4.57 Å². The second kappa shape index (κ2) is 5.68. The van der Waals surface area contributed by atoms with Gasteiger partial charge in [0, 0.05) is 18.9 Å². The van der Waals surface area contributed by atoms with Crippen molar-refractivity contribution in [1.29, 1.82) is 0 Å². The van der Waals surface area contributed by atoms with E-state index in [0.717, 1.165) is 31.7 Å². The zero-order valence-corrected chi connectivity index (χ0v) is 15.6. The molecule has 1 saturated heterocycles. The number of anilines is 2. The zero-order valence-electron chi connectivity index (χ0n) is 15.6. The molecule has 2 aliphatic heterocycles. The lowest BCUT2D eigenvalue weighted by Crippen LogP contribution is -2.74. The minimum atomic E-state index is 0.00594. The molecule has 2 aromatic heterocycles. The van der Waals surface area contributed by atoms with Crippen LogP contribution in [0.1, 0.15) is 40.5 Å². The Kier molecular flexibility index (Phi) is 3.70. The van der Waals surface area contributed by atoms with Gasteiger partial charge in [0.1, 0.15) is 23.8 Å². The molecule has 2 atom stereocenters. The Balaban J connectivity index is 1.92. The van der Waals surface area contributed by atoms with Gasteiger partial charge in [0.25, 0.3) is 5.82 Å². The van der Waals surface area contributed by atoms with E-state index in [2.05, 4.69) is 63.0 Å². The van der Waals surface area contributed by atoms with E-state index in [9.17, 15) is 0 Å². The summed E-state index contributed by atoms with van der Waals surface area (Å²) in [5, 5.41) is 0.0643. The van der Waals surface area contributed by atoms with E-state index in [1.54, 1.807) is 12.4 Å². The molecule has 4 heterocycles. The number of rotatable bonds is 3. The summed E-state index contributed by atoms with van der Waals surface area (Å²) in [5.74, 6) is 2.17. The van der Waals surface area contributed by atoms with E-state index < -0.39 is 0 Å². The molecule has 0 aliphatic carbocycles. The van der Waals surface area contributed by atoms with Gasteiger partial charge in [-0.05, 0) is 19.8 Å². The molecule has 6 nitrogen and oxygen atoms in total. The molecule has 2 aromatic rings. The van der Waals surface area contributed by atoms with Crippen LogP contribution < -0.4 is 14.2 Å². The van der Waals surface area contributed by atoms with Crippen LogP contribution in [0.15, 0.2) is 37.2 Å². The Morgan fingerprint density at radius 1 is 1.04 bits per heavy atom. The van der Waals surface area contributed by atoms with Crippen molar-refractivity contribution in [1.82, 2.24) is 15.0 Å². The van der Waals surface area contributed by atoms with Crippen LogP contribution in [0.4, 0.5) is 11.6 Å². The smallest absolute Gasteiger partial charge is 0.354 e. The van der Waals surface area contributed by atoms with Gasteiger partial charge in [-0.1, -0.05) is 20.8 Å². The van der Waals surface area contributed by atoms with Crippen molar-refractivity contribution in [2.24, 2.45) is 0 Å². The Bertz CT molecular complexity index is 771. The highest BCUT2D eigenvalue weighted by Gasteiger charge is 2.69. The highest BCUT2D eigenvalue weighted by atomic mass is 15.4. The maximum absolute atomic E-state index is 4.60. The topological polar surface area (TPSA) is 49.0 Å². The van der Waals surface area contributed by atoms with Crippen LogP contribution in [0.3, 0.4) is 0 Å². The highest BCUT2D eigenvalue weighted by Crippen LogP contribution is 2.54. The second-order valence-corrected chi connectivity index (χ2v) is 7.53. The monoisotopic (exact) mass is 337 g/mol. The van der Waals surface area contributed by atoms with Gasteiger partial charge in [-0.25, -0.2) is 9.55 Å². The van der Waals surface area contributed by atoms with Gasteiger partial charge in [0.15, 0.2) is 0 Å². The average molecular weight is 337 g/mol. The molecule has 25 heavy (non-hydrogen) atoms. The lowest BCUT2D eigenvalue weighted by Gasteiger charge is -2.51. The SMILES string of the molecule is CCC1(C)B2N(c3cnccn3)CCN2c2cncc[n+]2C1(C)CC. The molecular weight excluding hydrogens is 311 g/mol. The van der Waals surface area contributed by atoms with E-state index in [0.29, 0.717) is 0 Å². The molecular formula is C18H26BN6+. The van der Waals surface area contributed by atoms with E-state index >= 15 is 0 Å². The van der Waals surface area contributed by atoms with Crippen LogP contribution in [0.25, 0.3) is 0 Å². The first-order valence-corrected chi connectivity index (χ1v) is 9.22. The summed E-state index contributed by atoms with van der Waals surface area (Å²) < 4.78 is 2.44. The van der Waals surface area contributed by atoms with Gasteiger partial charge in [-0.15, -0.1) is 0 Å². The van der Waals surface area contributed by atoms with Crippen LogP contribution in [0, 0.1) is 0 Å². The Morgan fingerprint density at radius 2 is 1.80 bits per heavy atom. The van der Waals surface area contributed by atoms with Crippen molar-refractivity contribution in [3.63, 3.8) is 0 Å². The molecule has 0 bridgehead atoms. The van der Waals surface area contributed by atoms with Crippen molar-refractivity contribution in [2.75, 3.05) is 22.7 Å². The number of aromatic nitrogens is 4. The van der Waals surface area contributed by atoms with Crippen LogP contribution in [0.2, 0.25) is 5.31 Å². The van der Waals surface area contributed by atoms with Crippen molar-refractivity contribution in [3.8, 4) is 0 Å². The molecule has 130 valence electrons. The summed E-state index contributed by atoms with van der Waals surface area (Å²) in [6.07, 6.45) is 13.6. The summed E-state index contributed by atoms with van der Waals surface area (Å²) in [4.78, 5) is 18.3. The Morgan fingerprint density at radius 3 is 2.48 bits per heavy atom. The van der Waals surface area contributed by atoms with Crippen LogP contribution in [-0.2, 0) is 5.54 Å². The number of hydrogen-bond acceptors (Lipinski definition) is 5. The molecule has 2 unspecified atom stereocenters. The van der Waals surface area contributed by atoms with Crippen molar-refractivity contribution >= 4 is 18.6 Å². The lowest BCUT2D eigenvalue weighted by atomic mass is 9.39. The highest BCUT2D eigenvalue weighted by molar-refractivity contribution is 6.71. The third-order valence-electron chi connectivity index (χ3n) is 6.80. The first kappa shape index (κ1) is 16.3. The molecule has 0 N–H and O–H groups in total. The quantitative estimate of drug-likeness (QED) is 0.635. The summed E-state index contributed by atoms with van der Waals surface area (Å²) in [5.41, 5.74) is 0.00594. The first-order chi connectivity index (χ1) is 12.1. The van der Waals surface area contributed by atoms with Crippen LogP contribution in [-0.4, -0.2) is 35.0 Å². The van der Waals surface area contributed by atoms with E-state index in [1.807, 2.05) is 18.6 Å². The third kappa shape index (κ3) is 2.04. The van der Waals surface area contributed by atoms with E-state index in [4.69, 9.17) is 0 Å². The minimum absolute atomic E-state index is 0.00594. The van der Waals surface area contributed by atoms with Gasteiger partial charge in [-0.2, -0.15) is 0 Å². The Hall–Kier alpha value is -2.18. The molecule has 0 radical (unpaired) electrons. The average Bonchev–Trinajstić information content (AvgIpc) is 3.12. The predicted octanol–water partition coefficient (Wildman–Crippen LogP) is 2.28. The number of hydrogen-bond donors (Lipinski definition) is 0. The standard InChI is InChI=1S/C18H26BN6/c1-5-17(3)18(4,6-2)23-10-9-21-14-16(23)25-12-11-24(19(17)25)15-13-20-7-8-22-15/h7-10,13-14H,5-6,11-12H2,1-4H3/q+1. The summed E-state index contributed by atoms with van der Waals surface area (Å²) in [7, 11) is 0. The fourth-order valence-electron chi connectivity index (χ4n) is 4.91. The molecule has 1 fully saturated rings. The van der Waals surface area contributed by atoms with Crippen LogP contribution >= 0.6 is 0 Å². The van der Waals surface area contributed by atoms with Gasteiger partial charge >= 0.3 is 6.98 Å². The molecule has 2 aliphatic rings. The normalized spacial score (nSPS) is 28.1. The van der Waals surface area contributed by atoms with E-state index in [-0.39, 0.29) is 17.8 Å². The van der Waals surface area contributed by atoms with E-state index in [1.165, 1.54) is 5.82 Å². The minimum Gasteiger partial charge on any atom is -0.354 e.